The van der Waals surface area contributed by atoms with Crippen molar-refractivity contribution in [1.82, 2.24) is 9.78 Å². The molecule has 0 aromatic carbocycles. The smallest absolute Gasteiger partial charge is 0.328 e. The first-order valence-electron chi connectivity index (χ1n) is 3.99. The molecule has 1 heterocycles. The van der Waals surface area contributed by atoms with E-state index < -0.39 is 11.9 Å². The van der Waals surface area contributed by atoms with Gasteiger partial charge in [-0.1, -0.05) is 0 Å². The van der Waals surface area contributed by atoms with Gasteiger partial charge in [-0.25, -0.2) is 9.48 Å². The fourth-order valence-corrected chi connectivity index (χ4v) is 1.07. The summed E-state index contributed by atoms with van der Waals surface area (Å²) in [6.07, 6.45) is 1.76. The molecule has 0 fully saturated rings. The van der Waals surface area contributed by atoms with Gasteiger partial charge >= 0.3 is 5.97 Å². The third-order valence-electron chi connectivity index (χ3n) is 1.59. The molecule has 0 aliphatic rings. The van der Waals surface area contributed by atoms with E-state index in [1.165, 1.54) is 0 Å². The van der Waals surface area contributed by atoms with E-state index in [-0.39, 0.29) is 0 Å². The van der Waals surface area contributed by atoms with Crippen molar-refractivity contribution in [3.05, 3.63) is 29.6 Å². The molecule has 0 bridgehead atoms. The van der Waals surface area contributed by atoms with E-state index >= 15 is 0 Å². The Morgan fingerprint density at radius 2 is 2.07 bits per heavy atom. The van der Waals surface area contributed by atoms with E-state index in [9.17, 15) is 9.59 Å². The highest BCUT2D eigenvalue weighted by atomic mass is 16.4. The molecule has 0 aliphatic carbocycles. The first kappa shape index (κ1) is 10.2. The van der Waals surface area contributed by atoms with Crippen molar-refractivity contribution in [2.45, 2.75) is 13.8 Å². The Labute approximate surface area is 80.7 Å². The van der Waals surface area contributed by atoms with Crippen molar-refractivity contribution < 1.29 is 14.7 Å². The summed E-state index contributed by atoms with van der Waals surface area (Å²) >= 11 is 0. The number of hydrogen-bond donors (Lipinski definition) is 1. The van der Waals surface area contributed by atoms with Gasteiger partial charge in [0.1, 0.15) is 0 Å². The molecular weight excluding hydrogens is 184 g/mol. The van der Waals surface area contributed by atoms with Crippen LogP contribution in [0.2, 0.25) is 0 Å². The summed E-state index contributed by atoms with van der Waals surface area (Å²) in [6, 6.07) is 1.74. The number of carboxylic acids is 1. The zero-order valence-corrected chi connectivity index (χ0v) is 7.89. The van der Waals surface area contributed by atoms with E-state index in [1.807, 2.05) is 0 Å². The molecule has 1 aromatic rings. The topological polar surface area (TPSA) is 72.2 Å². The van der Waals surface area contributed by atoms with Crippen LogP contribution in [0.15, 0.2) is 18.2 Å². The van der Waals surface area contributed by atoms with Gasteiger partial charge in [0, 0.05) is 17.8 Å². The van der Waals surface area contributed by atoms with Crippen LogP contribution in [0.4, 0.5) is 0 Å². The Kier molecular flexibility index (Phi) is 2.81. The maximum absolute atomic E-state index is 11.3. The summed E-state index contributed by atoms with van der Waals surface area (Å²) < 4.78 is 1.16. The fraction of sp³-hybridized carbons (Fsp3) is 0.222. The zero-order chi connectivity index (χ0) is 10.7. The summed E-state index contributed by atoms with van der Waals surface area (Å²) in [4.78, 5) is 21.5. The van der Waals surface area contributed by atoms with E-state index in [0.29, 0.717) is 5.69 Å². The van der Waals surface area contributed by atoms with Crippen LogP contribution in [0.1, 0.15) is 16.2 Å². The van der Waals surface area contributed by atoms with Gasteiger partial charge < -0.3 is 5.11 Å². The first-order chi connectivity index (χ1) is 6.50. The second kappa shape index (κ2) is 3.87. The molecular formula is C9H10N2O3. The van der Waals surface area contributed by atoms with Gasteiger partial charge in [0.2, 0.25) is 0 Å². The molecule has 1 N–H and O–H groups in total. The molecule has 1 rings (SSSR count). The van der Waals surface area contributed by atoms with Crippen molar-refractivity contribution in [3.63, 3.8) is 0 Å². The number of aryl methyl sites for hydroxylation is 2. The van der Waals surface area contributed by atoms with Gasteiger partial charge in [-0.15, -0.1) is 0 Å². The van der Waals surface area contributed by atoms with Gasteiger partial charge in [0.15, 0.2) is 0 Å². The number of aliphatic carboxylic acids is 1. The van der Waals surface area contributed by atoms with Crippen molar-refractivity contribution in [2.24, 2.45) is 0 Å². The Bertz CT molecular complexity index is 404. The molecule has 0 unspecified atom stereocenters. The molecule has 0 amide bonds. The molecule has 1 aromatic heterocycles. The average Bonchev–Trinajstić information content (AvgIpc) is 2.41. The highest BCUT2D eigenvalue weighted by molar-refractivity contribution is 5.95. The van der Waals surface area contributed by atoms with Crippen molar-refractivity contribution in [1.29, 1.82) is 0 Å². The monoisotopic (exact) mass is 194 g/mol. The van der Waals surface area contributed by atoms with Crippen LogP contribution in [0.3, 0.4) is 0 Å². The first-order valence-corrected chi connectivity index (χ1v) is 3.99. The van der Waals surface area contributed by atoms with Crippen molar-refractivity contribution >= 4 is 11.9 Å². The number of nitrogens with zero attached hydrogens (tertiary/aromatic N) is 2. The molecule has 0 saturated heterocycles. The highest BCUT2D eigenvalue weighted by Crippen LogP contribution is 2.01. The average molecular weight is 194 g/mol. The lowest BCUT2D eigenvalue weighted by molar-refractivity contribution is -0.131. The van der Waals surface area contributed by atoms with Crippen LogP contribution in [0, 0.1) is 13.8 Å². The summed E-state index contributed by atoms with van der Waals surface area (Å²) in [5.74, 6) is -1.61. The van der Waals surface area contributed by atoms with Gasteiger partial charge in [0.25, 0.3) is 5.91 Å². The van der Waals surface area contributed by atoms with E-state index in [4.69, 9.17) is 5.11 Å². The second-order valence-electron chi connectivity index (χ2n) is 2.85. The van der Waals surface area contributed by atoms with Crippen LogP contribution in [0.25, 0.3) is 0 Å². The van der Waals surface area contributed by atoms with E-state index in [1.54, 1.807) is 19.9 Å². The lowest BCUT2D eigenvalue weighted by atomic mass is 10.4. The third kappa shape index (κ3) is 2.29. The fourth-order valence-electron chi connectivity index (χ4n) is 1.07. The summed E-state index contributed by atoms with van der Waals surface area (Å²) in [5, 5.41) is 12.2. The molecule has 0 aliphatic heterocycles. The number of rotatable bonds is 2. The van der Waals surface area contributed by atoms with E-state index in [2.05, 4.69) is 5.10 Å². The zero-order valence-electron chi connectivity index (χ0n) is 7.89. The standard InChI is InChI=1S/C9H10N2O3/c1-6-5-7(2)11(10-6)8(12)3-4-9(13)14/h3-5H,1-2H3,(H,13,14). The van der Waals surface area contributed by atoms with Crippen LogP contribution in [-0.4, -0.2) is 26.8 Å². The van der Waals surface area contributed by atoms with Gasteiger partial charge in [-0.2, -0.15) is 5.10 Å². The van der Waals surface area contributed by atoms with Crippen LogP contribution >= 0.6 is 0 Å². The highest BCUT2D eigenvalue weighted by Gasteiger charge is 2.06. The Hall–Kier alpha value is -1.91. The Morgan fingerprint density at radius 1 is 1.43 bits per heavy atom. The predicted molar refractivity (Wildman–Crippen MR) is 49.1 cm³/mol. The SMILES string of the molecule is Cc1cc(C)n(C(=O)C=CC(=O)O)n1. The minimum atomic E-state index is -1.15. The summed E-state index contributed by atoms with van der Waals surface area (Å²) in [5.41, 5.74) is 1.40. The lowest BCUT2D eigenvalue weighted by Crippen LogP contribution is -2.11. The van der Waals surface area contributed by atoms with Crippen LogP contribution in [0.5, 0.6) is 0 Å². The van der Waals surface area contributed by atoms with Crippen LogP contribution in [-0.2, 0) is 4.79 Å². The number of carbonyl (C=O) groups is 2. The van der Waals surface area contributed by atoms with E-state index in [0.717, 1.165) is 22.5 Å². The predicted octanol–water partition coefficient (Wildman–Crippen LogP) is 0.781. The molecule has 0 saturated carbocycles. The maximum atomic E-state index is 11.3. The number of aromatic nitrogens is 2. The largest absolute Gasteiger partial charge is 0.478 e. The Morgan fingerprint density at radius 3 is 2.50 bits per heavy atom. The van der Waals surface area contributed by atoms with Crippen molar-refractivity contribution in [2.75, 3.05) is 0 Å². The van der Waals surface area contributed by atoms with Gasteiger partial charge in [0.05, 0.1) is 5.69 Å². The Balaban J connectivity index is 2.90. The van der Waals surface area contributed by atoms with Gasteiger partial charge in [-0.05, 0) is 19.9 Å². The molecule has 74 valence electrons. The lowest BCUT2D eigenvalue weighted by Gasteiger charge is -1.96. The number of hydrogen-bond acceptors (Lipinski definition) is 3. The molecule has 0 atom stereocenters. The van der Waals surface area contributed by atoms with Gasteiger partial charge in [-0.3, -0.25) is 4.79 Å². The molecule has 14 heavy (non-hydrogen) atoms. The third-order valence-corrected chi connectivity index (χ3v) is 1.59. The molecule has 0 spiro atoms. The normalized spacial score (nSPS) is 10.7. The quantitative estimate of drug-likeness (QED) is 0.706. The molecule has 0 radical (unpaired) electrons. The minimum absolute atomic E-state index is 0.460. The summed E-state index contributed by atoms with van der Waals surface area (Å²) in [7, 11) is 0. The summed E-state index contributed by atoms with van der Waals surface area (Å²) in [6.45, 7) is 3.49. The molecule has 5 nitrogen and oxygen atoms in total. The van der Waals surface area contributed by atoms with Crippen molar-refractivity contribution in [3.8, 4) is 0 Å². The number of allylic oxidation sites excluding steroid dienone is 1. The maximum Gasteiger partial charge on any atom is 0.328 e. The minimum Gasteiger partial charge on any atom is -0.478 e. The number of carbonyl (C=O) groups excluding carboxylic acids is 1. The number of carboxylic acid groups (broad SMARTS) is 1. The van der Waals surface area contributed by atoms with Crippen LogP contribution < -0.4 is 0 Å². The second-order valence-corrected chi connectivity index (χ2v) is 2.85. The molecule has 5 heteroatoms.